The second-order valence-corrected chi connectivity index (χ2v) is 5.76. The van der Waals surface area contributed by atoms with Crippen LogP contribution in [0.1, 0.15) is 22.6 Å². The first-order valence-electron chi connectivity index (χ1n) is 8.35. The van der Waals surface area contributed by atoms with Crippen molar-refractivity contribution in [3.8, 4) is 5.75 Å². The van der Waals surface area contributed by atoms with Crippen molar-refractivity contribution >= 4 is 12.1 Å². The lowest BCUT2D eigenvalue weighted by Crippen LogP contribution is -2.26. The van der Waals surface area contributed by atoms with Crippen LogP contribution in [0.4, 0.5) is 0 Å². The molecule has 0 aliphatic rings. The van der Waals surface area contributed by atoms with Crippen LogP contribution in [0.2, 0.25) is 0 Å². The van der Waals surface area contributed by atoms with E-state index in [4.69, 9.17) is 4.74 Å². The fourth-order valence-electron chi connectivity index (χ4n) is 2.71. The average molecular weight is 344 g/mol. The van der Waals surface area contributed by atoms with Gasteiger partial charge in [0.1, 0.15) is 5.75 Å². The van der Waals surface area contributed by atoms with E-state index in [0.29, 0.717) is 0 Å². The molecule has 0 saturated carbocycles. The van der Waals surface area contributed by atoms with Crippen LogP contribution in [0.15, 0.2) is 90.0 Å². The number of methoxy groups -OCH3 is 1. The summed E-state index contributed by atoms with van der Waals surface area (Å²) in [5, 5.41) is 4.10. The maximum Gasteiger partial charge on any atom is 0.252 e. The Balaban J connectivity index is 1.76. The highest BCUT2D eigenvalue weighted by Crippen LogP contribution is 2.24. The average Bonchev–Trinajstić information content (AvgIpc) is 2.70. The van der Waals surface area contributed by atoms with E-state index in [9.17, 15) is 4.79 Å². The van der Waals surface area contributed by atoms with E-state index in [2.05, 4.69) is 10.5 Å². The van der Waals surface area contributed by atoms with E-state index in [1.165, 1.54) is 0 Å². The first-order valence-corrected chi connectivity index (χ1v) is 8.35. The highest BCUT2D eigenvalue weighted by atomic mass is 16.5. The summed E-state index contributed by atoms with van der Waals surface area (Å²) in [6, 6.07) is 26.8. The van der Waals surface area contributed by atoms with Crippen molar-refractivity contribution in [2.75, 3.05) is 7.11 Å². The van der Waals surface area contributed by atoms with Crippen LogP contribution in [-0.2, 0) is 4.79 Å². The Morgan fingerprint density at radius 2 is 1.42 bits per heavy atom. The summed E-state index contributed by atoms with van der Waals surface area (Å²) in [7, 11) is 1.62. The summed E-state index contributed by atoms with van der Waals surface area (Å²) < 4.78 is 5.13. The monoisotopic (exact) mass is 344 g/mol. The molecule has 0 fully saturated rings. The Morgan fingerprint density at radius 3 is 1.92 bits per heavy atom. The Bertz CT molecular complexity index is 820. The smallest absolute Gasteiger partial charge is 0.252 e. The van der Waals surface area contributed by atoms with Gasteiger partial charge in [-0.1, -0.05) is 60.7 Å². The van der Waals surface area contributed by atoms with Crippen LogP contribution in [0, 0.1) is 0 Å². The molecule has 1 N–H and O–H groups in total. The maximum atomic E-state index is 12.8. The van der Waals surface area contributed by atoms with Crippen LogP contribution < -0.4 is 10.2 Å². The van der Waals surface area contributed by atoms with Crippen LogP contribution in [0.3, 0.4) is 0 Å². The maximum absolute atomic E-state index is 12.8. The van der Waals surface area contributed by atoms with Crippen molar-refractivity contribution in [2.45, 2.75) is 5.92 Å². The molecule has 1 amide bonds. The van der Waals surface area contributed by atoms with Gasteiger partial charge in [0.25, 0.3) is 5.91 Å². The molecule has 3 aromatic rings. The standard InChI is InChI=1S/C22H20N2O2/c1-26-20-14-12-17(13-15-20)16-23-24-22(25)21(18-8-4-2-5-9-18)19-10-6-3-7-11-19/h2-16,21H,1H3,(H,24,25). The third-order valence-electron chi connectivity index (χ3n) is 4.03. The van der Waals surface area contributed by atoms with Gasteiger partial charge in [-0.3, -0.25) is 4.79 Å². The van der Waals surface area contributed by atoms with E-state index in [1.54, 1.807) is 13.3 Å². The third-order valence-corrected chi connectivity index (χ3v) is 4.03. The van der Waals surface area contributed by atoms with Gasteiger partial charge >= 0.3 is 0 Å². The third kappa shape index (κ3) is 4.36. The molecule has 0 heterocycles. The number of amides is 1. The number of ether oxygens (including phenoxy) is 1. The van der Waals surface area contributed by atoms with Gasteiger partial charge in [0, 0.05) is 0 Å². The van der Waals surface area contributed by atoms with Crippen molar-refractivity contribution in [3.05, 3.63) is 102 Å². The number of nitrogens with one attached hydrogen (secondary N) is 1. The number of carbonyl (C=O) groups excluding carboxylic acids is 1. The van der Waals surface area contributed by atoms with Crippen molar-refractivity contribution in [1.29, 1.82) is 0 Å². The zero-order chi connectivity index (χ0) is 18.2. The topological polar surface area (TPSA) is 50.7 Å². The summed E-state index contributed by atoms with van der Waals surface area (Å²) >= 11 is 0. The van der Waals surface area contributed by atoms with E-state index in [1.807, 2.05) is 84.9 Å². The largest absolute Gasteiger partial charge is 0.497 e. The lowest BCUT2D eigenvalue weighted by Gasteiger charge is -2.16. The Morgan fingerprint density at radius 1 is 0.885 bits per heavy atom. The Labute approximate surface area is 153 Å². The van der Waals surface area contributed by atoms with E-state index < -0.39 is 5.92 Å². The molecule has 26 heavy (non-hydrogen) atoms. The van der Waals surface area contributed by atoms with Crippen LogP contribution in [-0.4, -0.2) is 19.2 Å². The molecular weight excluding hydrogens is 324 g/mol. The zero-order valence-electron chi connectivity index (χ0n) is 14.5. The second-order valence-electron chi connectivity index (χ2n) is 5.76. The number of hydrogen-bond acceptors (Lipinski definition) is 3. The Kier molecular flexibility index (Phi) is 5.78. The summed E-state index contributed by atoms with van der Waals surface area (Å²) in [5.74, 6) is 0.192. The summed E-state index contributed by atoms with van der Waals surface area (Å²) in [5.41, 5.74) is 5.39. The van der Waals surface area contributed by atoms with E-state index in [0.717, 1.165) is 22.4 Å². The molecule has 0 aliphatic heterocycles. The van der Waals surface area contributed by atoms with E-state index in [-0.39, 0.29) is 5.91 Å². The first-order chi connectivity index (χ1) is 12.8. The molecule has 130 valence electrons. The number of carbonyl (C=O) groups is 1. The molecule has 0 unspecified atom stereocenters. The van der Waals surface area contributed by atoms with Gasteiger partial charge in [-0.05, 0) is 41.0 Å². The van der Waals surface area contributed by atoms with Gasteiger partial charge in [-0.25, -0.2) is 5.43 Å². The fourth-order valence-corrected chi connectivity index (χ4v) is 2.71. The highest BCUT2D eigenvalue weighted by molar-refractivity contribution is 5.88. The molecule has 0 atom stereocenters. The molecule has 0 radical (unpaired) electrons. The van der Waals surface area contributed by atoms with Gasteiger partial charge in [0.05, 0.1) is 19.2 Å². The molecule has 0 spiro atoms. The molecule has 0 saturated heterocycles. The minimum atomic E-state index is -0.412. The quantitative estimate of drug-likeness (QED) is 0.543. The summed E-state index contributed by atoms with van der Waals surface area (Å²) in [6.07, 6.45) is 1.62. The van der Waals surface area contributed by atoms with Crippen molar-refractivity contribution in [1.82, 2.24) is 5.43 Å². The molecule has 0 bridgehead atoms. The fraction of sp³-hybridized carbons (Fsp3) is 0.0909. The van der Waals surface area contributed by atoms with Gasteiger partial charge in [0.2, 0.25) is 0 Å². The van der Waals surface area contributed by atoms with Crippen molar-refractivity contribution < 1.29 is 9.53 Å². The second kappa shape index (κ2) is 8.62. The summed E-state index contributed by atoms with van der Waals surface area (Å²) in [6.45, 7) is 0. The summed E-state index contributed by atoms with van der Waals surface area (Å²) in [4.78, 5) is 12.8. The normalized spacial score (nSPS) is 10.8. The highest BCUT2D eigenvalue weighted by Gasteiger charge is 2.22. The SMILES string of the molecule is COc1ccc(C=NNC(=O)C(c2ccccc2)c2ccccc2)cc1. The van der Waals surface area contributed by atoms with E-state index >= 15 is 0 Å². The number of benzene rings is 3. The van der Waals surface area contributed by atoms with Crippen LogP contribution in [0.5, 0.6) is 5.75 Å². The molecule has 3 rings (SSSR count). The van der Waals surface area contributed by atoms with Gasteiger partial charge in [-0.15, -0.1) is 0 Å². The van der Waals surface area contributed by atoms with Gasteiger partial charge in [0.15, 0.2) is 0 Å². The number of nitrogens with zero attached hydrogens (tertiary/aromatic N) is 1. The lowest BCUT2D eigenvalue weighted by molar-refractivity contribution is -0.121. The number of hydrazone groups is 1. The van der Waals surface area contributed by atoms with Crippen LogP contribution in [0.25, 0.3) is 0 Å². The van der Waals surface area contributed by atoms with Crippen LogP contribution >= 0.6 is 0 Å². The molecule has 4 nitrogen and oxygen atoms in total. The van der Waals surface area contributed by atoms with Crippen molar-refractivity contribution in [2.24, 2.45) is 5.10 Å². The minimum absolute atomic E-state index is 0.174. The molecular formula is C22H20N2O2. The van der Waals surface area contributed by atoms with Crippen molar-refractivity contribution in [3.63, 3.8) is 0 Å². The molecule has 4 heteroatoms. The van der Waals surface area contributed by atoms with Gasteiger partial charge in [-0.2, -0.15) is 5.10 Å². The predicted molar refractivity (Wildman–Crippen MR) is 103 cm³/mol. The predicted octanol–water partition coefficient (Wildman–Crippen LogP) is 3.98. The van der Waals surface area contributed by atoms with Gasteiger partial charge < -0.3 is 4.74 Å². The molecule has 0 aliphatic carbocycles. The first kappa shape index (κ1) is 17.4. The minimum Gasteiger partial charge on any atom is -0.497 e. The molecule has 0 aromatic heterocycles. The lowest BCUT2D eigenvalue weighted by atomic mass is 9.91. The number of rotatable bonds is 6. The number of hydrogen-bond donors (Lipinski definition) is 1. The zero-order valence-corrected chi connectivity index (χ0v) is 14.5. The molecule has 3 aromatic carbocycles. The Hall–Kier alpha value is -3.40.